The van der Waals surface area contributed by atoms with Crippen molar-refractivity contribution in [1.82, 2.24) is 4.90 Å². The number of carbonyl (C=O) groups excluding carboxylic acids is 3. The summed E-state index contributed by atoms with van der Waals surface area (Å²) in [5.41, 5.74) is 2.64. The monoisotopic (exact) mass is 387 g/mol. The van der Waals surface area contributed by atoms with Crippen LogP contribution in [0.25, 0.3) is 0 Å². The molecule has 2 heterocycles. The predicted molar refractivity (Wildman–Crippen MR) is 107 cm³/mol. The van der Waals surface area contributed by atoms with Gasteiger partial charge in [0.05, 0.1) is 0 Å². The molecule has 7 nitrogen and oxygen atoms in total. The number of ether oxygens (including phenoxy) is 1. The summed E-state index contributed by atoms with van der Waals surface area (Å²) in [5, 5.41) is 2.99. The topological polar surface area (TPSA) is 79.0 Å². The molecule has 152 valence electrons. The Morgan fingerprint density at radius 3 is 2.57 bits per heavy atom. The Kier molecular flexibility index (Phi) is 6.67. The number of hydrogen-bond donors (Lipinski definition) is 1. The average molecular weight is 387 g/mol. The third-order valence-corrected chi connectivity index (χ3v) is 5.48. The maximum atomic E-state index is 12.6. The quantitative estimate of drug-likeness (QED) is 0.813. The molecule has 2 fully saturated rings. The molecule has 0 radical (unpaired) electrons. The van der Waals surface area contributed by atoms with Crippen molar-refractivity contribution in [2.24, 2.45) is 5.92 Å². The first-order valence-electron chi connectivity index (χ1n) is 10.1. The largest absolute Gasteiger partial charge is 0.372 e. The number of rotatable bonds is 6. The highest BCUT2D eigenvalue weighted by Crippen LogP contribution is 2.28. The van der Waals surface area contributed by atoms with E-state index >= 15 is 0 Å². The lowest BCUT2D eigenvalue weighted by Crippen LogP contribution is -2.42. The van der Waals surface area contributed by atoms with Gasteiger partial charge in [0.2, 0.25) is 17.7 Å². The van der Waals surface area contributed by atoms with Crippen LogP contribution in [0.4, 0.5) is 11.4 Å². The second-order valence-electron chi connectivity index (χ2n) is 7.43. The van der Waals surface area contributed by atoms with Gasteiger partial charge in [-0.15, -0.1) is 0 Å². The van der Waals surface area contributed by atoms with Crippen LogP contribution in [0.3, 0.4) is 0 Å². The summed E-state index contributed by atoms with van der Waals surface area (Å²) in [6, 6.07) is 5.68. The Morgan fingerprint density at radius 1 is 1.21 bits per heavy atom. The Bertz CT molecular complexity index is 741. The molecule has 1 aromatic carbocycles. The summed E-state index contributed by atoms with van der Waals surface area (Å²) in [6.07, 6.45) is 2.80. The van der Waals surface area contributed by atoms with E-state index in [1.807, 2.05) is 36.9 Å². The Balaban J connectivity index is 1.53. The van der Waals surface area contributed by atoms with E-state index < -0.39 is 0 Å². The summed E-state index contributed by atoms with van der Waals surface area (Å²) in [6.45, 7) is 6.37. The zero-order chi connectivity index (χ0) is 20.1. The maximum absolute atomic E-state index is 12.6. The van der Waals surface area contributed by atoms with Crippen molar-refractivity contribution in [3.63, 3.8) is 0 Å². The number of carbonyl (C=O) groups is 3. The van der Waals surface area contributed by atoms with E-state index in [1.54, 1.807) is 4.90 Å². The summed E-state index contributed by atoms with van der Waals surface area (Å²) in [4.78, 5) is 40.1. The summed E-state index contributed by atoms with van der Waals surface area (Å²) in [5.74, 6) is 0.0338. The van der Waals surface area contributed by atoms with E-state index in [0.717, 1.165) is 29.9 Å². The van der Waals surface area contributed by atoms with E-state index in [9.17, 15) is 14.4 Å². The van der Waals surface area contributed by atoms with Gasteiger partial charge >= 0.3 is 0 Å². The molecule has 0 saturated carbocycles. The number of nitrogens with one attached hydrogen (secondary N) is 1. The van der Waals surface area contributed by atoms with E-state index in [4.69, 9.17) is 4.74 Å². The van der Waals surface area contributed by atoms with Crippen LogP contribution in [0.2, 0.25) is 0 Å². The van der Waals surface area contributed by atoms with Gasteiger partial charge < -0.3 is 19.9 Å². The Morgan fingerprint density at radius 2 is 1.96 bits per heavy atom. The van der Waals surface area contributed by atoms with Gasteiger partial charge in [-0.2, -0.15) is 0 Å². The lowest BCUT2D eigenvalue weighted by atomic mass is 9.95. The molecule has 1 aromatic rings. The minimum absolute atomic E-state index is 0.0108. The number of aryl methyl sites for hydroxylation is 1. The third kappa shape index (κ3) is 4.70. The van der Waals surface area contributed by atoms with Gasteiger partial charge in [0.15, 0.2) is 0 Å². The van der Waals surface area contributed by atoms with Crippen molar-refractivity contribution in [3.05, 3.63) is 23.8 Å². The maximum Gasteiger partial charge on any atom is 0.248 e. The molecule has 0 aromatic heterocycles. The molecular weight excluding hydrogens is 358 g/mol. The van der Waals surface area contributed by atoms with Crippen molar-refractivity contribution in [1.29, 1.82) is 0 Å². The van der Waals surface area contributed by atoms with Gasteiger partial charge in [0.25, 0.3) is 0 Å². The van der Waals surface area contributed by atoms with Crippen LogP contribution in [0, 0.1) is 12.8 Å². The minimum Gasteiger partial charge on any atom is -0.372 e. The number of amides is 3. The molecule has 0 bridgehead atoms. The molecule has 2 saturated heterocycles. The molecule has 0 spiro atoms. The smallest absolute Gasteiger partial charge is 0.248 e. The number of benzene rings is 1. The van der Waals surface area contributed by atoms with E-state index in [2.05, 4.69) is 5.32 Å². The van der Waals surface area contributed by atoms with E-state index in [-0.39, 0.29) is 30.2 Å². The van der Waals surface area contributed by atoms with Gasteiger partial charge in [-0.05, 0) is 56.9 Å². The summed E-state index contributed by atoms with van der Waals surface area (Å²) >= 11 is 0. The van der Waals surface area contributed by atoms with Crippen LogP contribution in [-0.4, -0.2) is 55.5 Å². The van der Waals surface area contributed by atoms with Crippen molar-refractivity contribution in [2.75, 3.05) is 43.1 Å². The standard InChI is InChI=1S/C21H29N3O4/c1-3-28-14-20(26)23-11-8-16(9-12-23)21(27)22-17-6-7-18(15(2)13-17)24-10-4-5-19(24)25/h6-7,13,16H,3-5,8-12,14H2,1-2H3,(H,22,27). The van der Waals surface area contributed by atoms with E-state index in [1.165, 1.54) is 0 Å². The van der Waals surface area contributed by atoms with Gasteiger partial charge in [0, 0.05) is 50.0 Å². The highest BCUT2D eigenvalue weighted by molar-refractivity contribution is 5.97. The van der Waals surface area contributed by atoms with Crippen LogP contribution in [-0.2, 0) is 19.1 Å². The van der Waals surface area contributed by atoms with Crippen molar-refractivity contribution in [2.45, 2.75) is 39.5 Å². The minimum atomic E-state index is -0.101. The van der Waals surface area contributed by atoms with Gasteiger partial charge in [-0.3, -0.25) is 14.4 Å². The number of nitrogens with zero attached hydrogens (tertiary/aromatic N) is 2. The first-order chi connectivity index (χ1) is 13.5. The third-order valence-electron chi connectivity index (χ3n) is 5.48. The summed E-state index contributed by atoms with van der Waals surface area (Å²) < 4.78 is 5.17. The lowest BCUT2D eigenvalue weighted by Gasteiger charge is -2.31. The molecular formula is C21H29N3O4. The fourth-order valence-corrected chi connectivity index (χ4v) is 3.85. The number of likely N-dealkylation sites (tertiary alicyclic amines) is 1. The van der Waals surface area contributed by atoms with Crippen LogP contribution in [0.1, 0.15) is 38.2 Å². The Labute approximate surface area is 166 Å². The molecule has 2 aliphatic heterocycles. The first-order valence-corrected chi connectivity index (χ1v) is 10.1. The molecule has 0 aliphatic carbocycles. The molecule has 28 heavy (non-hydrogen) atoms. The highest BCUT2D eigenvalue weighted by Gasteiger charge is 2.28. The Hall–Kier alpha value is -2.41. The number of hydrogen-bond acceptors (Lipinski definition) is 4. The number of piperidine rings is 1. The van der Waals surface area contributed by atoms with E-state index in [0.29, 0.717) is 39.0 Å². The van der Waals surface area contributed by atoms with Crippen LogP contribution in [0.5, 0.6) is 0 Å². The highest BCUT2D eigenvalue weighted by atomic mass is 16.5. The normalized spacial score (nSPS) is 17.9. The molecule has 2 aliphatic rings. The van der Waals surface area contributed by atoms with Crippen LogP contribution in [0.15, 0.2) is 18.2 Å². The molecule has 0 atom stereocenters. The fraction of sp³-hybridized carbons (Fsp3) is 0.571. The average Bonchev–Trinajstić information content (AvgIpc) is 3.12. The second kappa shape index (κ2) is 9.19. The van der Waals surface area contributed by atoms with Gasteiger partial charge in [-0.25, -0.2) is 0 Å². The van der Waals surface area contributed by atoms with Crippen LogP contribution < -0.4 is 10.2 Å². The predicted octanol–water partition coefficient (Wildman–Crippen LogP) is 2.34. The van der Waals surface area contributed by atoms with Crippen molar-refractivity contribution >= 4 is 29.1 Å². The van der Waals surface area contributed by atoms with Gasteiger partial charge in [0.1, 0.15) is 6.61 Å². The molecule has 0 unspecified atom stereocenters. The zero-order valence-corrected chi connectivity index (χ0v) is 16.7. The van der Waals surface area contributed by atoms with Crippen LogP contribution >= 0.6 is 0 Å². The lowest BCUT2D eigenvalue weighted by molar-refractivity contribution is -0.138. The zero-order valence-electron chi connectivity index (χ0n) is 16.7. The van der Waals surface area contributed by atoms with Crippen molar-refractivity contribution < 1.29 is 19.1 Å². The SMILES string of the molecule is CCOCC(=O)N1CCC(C(=O)Nc2ccc(N3CCCC3=O)c(C)c2)CC1. The first kappa shape index (κ1) is 20.3. The molecule has 1 N–H and O–H groups in total. The second-order valence-corrected chi connectivity index (χ2v) is 7.43. The number of anilines is 2. The fourth-order valence-electron chi connectivity index (χ4n) is 3.85. The van der Waals surface area contributed by atoms with Crippen molar-refractivity contribution in [3.8, 4) is 0 Å². The molecule has 3 amide bonds. The summed E-state index contributed by atoms with van der Waals surface area (Å²) in [7, 11) is 0. The van der Waals surface area contributed by atoms with Gasteiger partial charge in [-0.1, -0.05) is 0 Å². The molecule has 7 heteroatoms. The molecule has 3 rings (SSSR count).